The summed E-state index contributed by atoms with van der Waals surface area (Å²) in [4.78, 5) is 23.2. The molecule has 0 unspecified atom stereocenters. The molecule has 0 radical (unpaired) electrons. The molecular weight excluding hydrogens is 316 g/mol. The van der Waals surface area contributed by atoms with Gasteiger partial charge in [0.2, 0.25) is 0 Å². The molecule has 0 N–H and O–H groups in total. The Labute approximate surface area is 143 Å². The van der Waals surface area contributed by atoms with Crippen LogP contribution in [0.3, 0.4) is 0 Å². The van der Waals surface area contributed by atoms with Crippen LogP contribution in [0.2, 0.25) is 5.02 Å². The summed E-state index contributed by atoms with van der Waals surface area (Å²) >= 11 is 5.91. The van der Waals surface area contributed by atoms with Crippen molar-refractivity contribution >= 4 is 23.5 Å². The van der Waals surface area contributed by atoms with Crippen molar-refractivity contribution < 1.29 is 19.1 Å². The van der Waals surface area contributed by atoms with Gasteiger partial charge < -0.3 is 9.47 Å². The monoisotopic (exact) mass is 340 g/mol. The van der Waals surface area contributed by atoms with E-state index in [1.165, 1.54) is 19.3 Å². The van der Waals surface area contributed by atoms with Crippen molar-refractivity contribution in [2.75, 3.05) is 6.61 Å². The minimum atomic E-state index is -0.452. The molecule has 1 aromatic carbocycles. The molecule has 0 amide bonds. The Morgan fingerprint density at radius 3 is 2.43 bits per heavy atom. The first kappa shape index (κ1) is 19.5. The number of rotatable bonds is 10. The normalized spacial score (nSPS) is 10.4. The van der Waals surface area contributed by atoms with Crippen molar-refractivity contribution in [2.24, 2.45) is 0 Å². The van der Waals surface area contributed by atoms with E-state index in [0.717, 1.165) is 18.4 Å². The first-order chi connectivity index (χ1) is 11.0. The molecule has 0 bridgehead atoms. The lowest BCUT2D eigenvalue weighted by atomic mass is 10.2. The van der Waals surface area contributed by atoms with E-state index in [2.05, 4.69) is 6.92 Å². The molecule has 23 heavy (non-hydrogen) atoms. The second-order valence-electron chi connectivity index (χ2n) is 5.52. The van der Waals surface area contributed by atoms with Crippen LogP contribution in [0.25, 0.3) is 0 Å². The van der Waals surface area contributed by atoms with Gasteiger partial charge in [-0.05, 0) is 37.1 Å². The zero-order valence-electron chi connectivity index (χ0n) is 13.9. The van der Waals surface area contributed by atoms with E-state index in [4.69, 9.17) is 21.1 Å². The van der Waals surface area contributed by atoms with Crippen LogP contribution in [0.4, 0.5) is 0 Å². The predicted octanol–water partition coefficient (Wildman–Crippen LogP) is 4.85. The average molecular weight is 341 g/mol. The molecule has 5 heteroatoms. The molecule has 4 nitrogen and oxygen atoms in total. The average Bonchev–Trinajstić information content (AvgIpc) is 2.52. The third kappa shape index (κ3) is 8.60. The molecule has 0 aliphatic heterocycles. The molecule has 0 saturated carbocycles. The van der Waals surface area contributed by atoms with Crippen molar-refractivity contribution in [2.45, 2.75) is 58.8 Å². The van der Waals surface area contributed by atoms with Gasteiger partial charge in [0, 0.05) is 5.02 Å². The SMILES string of the molecule is CCCCCCCOC(=O)CCC(=O)Oc1ccc(Cl)c(C)c1. The molecule has 1 aromatic rings. The van der Waals surface area contributed by atoms with E-state index in [9.17, 15) is 9.59 Å². The number of hydrogen-bond donors (Lipinski definition) is 0. The minimum Gasteiger partial charge on any atom is -0.466 e. The second-order valence-corrected chi connectivity index (χ2v) is 5.93. The van der Waals surface area contributed by atoms with Crippen LogP contribution in [0.5, 0.6) is 5.75 Å². The summed E-state index contributed by atoms with van der Waals surface area (Å²) in [5.41, 5.74) is 0.833. The topological polar surface area (TPSA) is 52.6 Å². The van der Waals surface area contributed by atoms with Crippen molar-refractivity contribution in [3.8, 4) is 5.75 Å². The number of carbonyl (C=O) groups is 2. The lowest BCUT2D eigenvalue weighted by Gasteiger charge is -2.07. The highest BCUT2D eigenvalue weighted by molar-refractivity contribution is 6.31. The zero-order valence-corrected chi connectivity index (χ0v) is 14.7. The smallest absolute Gasteiger partial charge is 0.311 e. The van der Waals surface area contributed by atoms with Crippen molar-refractivity contribution in [3.63, 3.8) is 0 Å². The third-order valence-corrected chi connectivity index (χ3v) is 3.83. The van der Waals surface area contributed by atoms with Crippen molar-refractivity contribution in [3.05, 3.63) is 28.8 Å². The van der Waals surface area contributed by atoms with Crippen molar-refractivity contribution in [1.29, 1.82) is 0 Å². The van der Waals surface area contributed by atoms with Gasteiger partial charge in [0.25, 0.3) is 0 Å². The summed E-state index contributed by atoms with van der Waals surface area (Å²) in [6.07, 6.45) is 5.57. The maximum Gasteiger partial charge on any atom is 0.311 e. The molecule has 0 aliphatic carbocycles. The number of benzene rings is 1. The Kier molecular flexibility index (Phi) is 9.37. The summed E-state index contributed by atoms with van der Waals surface area (Å²) in [5, 5.41) is 0.618. The standard InChI is InChI=1S/C18H25ClO4/c1-3-4-5-6-7-12-22-17(20)10-11-18(21)23-15-8-9-16(19)14(2)13-15/h8-9,13H,3-7,10-12H2,1-2H3. The zero-order chi connectivity index (χ0) is 17.1. The Morgan fingerprint density at radius 2 is 1.74 bits per heavy atom. The molecule has 1 rings (SSSR count). The fraction of sp³-hybridized carbons (Fsp3) is 0.556. The highest BCUT2D eigenvalue weighted by Gasteiger charge is 2.10. The lowest BCUT2D eigenvalue weighted by Crippen LogP contribution is -2.13. The second kappa shape index (κ2) is 11.1. The summed E-state index contributed by atoms with van der Waals surface area (Å²) in [7, 11) is 0. The third-order valence-electron chi connectivity index (χ3n) is 3.41. The molecule has 128 valence electrons. The van der Waals surface area contributed by atoms with E-state index in [1.807, 2.05) is 6.92 Å². The van der Waals surface area contributed by atoms with Gasteiger partial charge in [-0.25, -0.2) is 0 Å². The number of halogens is 1. The van der Waals surface area contributed by atoms with Crippen molar-refractivity contribution in [1.82, 2.24) is 0 Å². The molecule has 0 aromatic heterocycles. The van der Waals surface area contributed by atoms with Gasteiger partial charge in [-0.2, -0.15) is 0 Å². The van der Waals surface area contributed by atoms with Gasteiger partial charge in [0.15, 0.2) is 0 Å². The van der Waals surface area contributed by atoms with Gasteiger partial charge in [-0.15, -0.1) is 0 Å². The van der Waals surface area contributed by atoms with E-state index >= 15 is 0 Å². The largest absolute Gasteiger partial charge is 0.466 e. The van der Waals surface area contributed by atoms with Crippen LogP contribution in [-0.2, 0) is 14.3 Å². The van der Waals surface area contributed by atoms with Crippen LogP contribution < -0.4 is 4.74 Å². The summed E-state index contributed by atoms with van der Waals surface area (Å²) < 4.78 is 10.3. The highest BCUT2D eigenvalue weighted by Crippen LogP contribution is 2.21. The number of carbonyl (C=O) groups excluding carboxylic acids is 2. The summed E-state index contributed by atoms with van der Waals surface area (Å²) in [6, 6.07) is 4.99. The van der Waals surface area contributed by atoms with Crippen LogP contribution in [0.15, 0.2) is 18.2 Å². The number of esters is 2. The maximum absolute atomic E-state index is 11.7. The summed E-state index contributed by atoms with van der Waals surface area (Å²) in [6.45, 7) is 4.41. The van der Waals surface area contributed by atoms with Gasteiger partial charge >= 0.3 is 11.9 Å². The Balaban J connectivity index is 2.17. The van der Waals surface area contributed by atoms with Crippen LogP contribution in [-0.4, -0.2) is 18.5 Å². The molecule has 0 spiro atoms. The Bertz CT molecular complexity index is 514. The van der Waals surface area contributed by atoms with Crippen LogP contribution >= 0.6 is 11.6 Å². The molecule has 0 heterocycles. The highest BCUT2D eigenvalue weighted by atomic mass is 35.5. The lowest BCUT2D eigenvalue weighted by molar-refractivity contribution is -0.147. The molecule has 0 saturated heterocycles. The van der Waals surface area contributed by atoms with Crippen LogP contribution in [0.1, 0.15) is 57.4 Å². The maximum atomic E-state index is 11.7. The fourth-order valence-electron chi connectivity index (χ4n) is 2.03. The van der Waals surface area contributed by atoms with Gasteiger partial charge in [0.1, 0.15) is 5.75 Å². The number of unbranched alkanes of at least 4 members (excludes halogenated alkanes) is 4. The Morgan fingerprint density at radius 1 is 1.04 bits per heavy atom. The fourth-order valence-corrected chi connectivity index (χ4v) is 2.15. The first-order valence-electron chi connectivity index (χ1n) is 8.15. The molecular formula is C18H25ClO4. The molecule has 0 aliphatic rings. The van der Waals surface area contributed by atoms with Gasteiger partial charge in [-0.1, -0.05) is 44.2 Å². The minimum absolute atomic E-state index is 0.0103. The molecule has 0 atom stereocenters. The Hall–Kier alpha value is -1.55. The first-order valence-corrected chi connectivity index (χ1v) is 8.53. The quantitative estimate of drug-likeness (QED) is 0.347. The number of aryl methyl sites for hydroxylation is 1. The van der Waals surface area contributed by atoms with E-state index in [1.54, 1.807) is 18.2 Å². The predicted molar refractivity (Wildman–Crippen MR) is 90.8 cm³/mol. The molecule has 0 fully saturated rings. The van der Waals surface area contributed by atoms with Crippen LogP contribution in [0, 0.1) is 6.92 Å². The van der Waals surface area contributed by atoms with E-state index in [0.29, 0.717) is 17.4 Å². The number of hydrogen-bond acceptors (Lipinski definition) is 4. The van der Waals surface area contributed by atoms with Gasteiger partial charge in [0.05, 0.1) is 19.4 Å². The van der Waals surface area contributed by atoms with Gasteiger partial charge in [-0.3, -0.25) is 9.59 Å². The summed E-state index contributed by atoms with van der Waals surface area (Å²) in [5.74, 6) is -0.377. The number of ether oxygens (including phenoxy) is 2. The van der Waals surface area contributed by atoms with E-state index in [-0.39, 0.29) is 18.8 Å². The van der Waals surface area contributed by atoms with E-state index < -0.39 is 5.97 Å².